The highest BCUT2D eigenvalue weighted by Gasteiger charge is 2.15. The van der Waals surface area contributed by atoms with Crippen LogP contribution in [0.2, 0.25) is 0 Å². The molecule has 0 aliphatic heterocycles. The van der Waals surface area contributed by atoms with E-state index in [1.165, 1.54) is 6.07 Å². The Morgan fingerprint density at radius 1 is 1.30 bits per heavy atom. The first-order valence-corrected chi connectivity index (χ1v) is 5.91. The first-order valence-electron chi connectivity index (χ1n) is 5.91. The van der Waals surface area contributed by atoms with E-state index in [-0.39, 0.29) is 11.8 Å². The number of anilines is 2. The number of carbonyl (C=O) groups excluding carboxylic acids is 1. The first-order chi connectivity index (χ1) is 9.45. The summed E-state index contributed by atoms with van der Waals surface area (Å²) in [6.45, 7) is 3.31. The van der Waals surface area contributed by atoms with Gasteiger partial charge in [0.05, 0.1) is 5.69 Å². The molecule has 1 atom stereocenters. The molecule has 0 saturated heterocycles. The highest BCUT2D eigenvalue weighted by Crippen LogP contribution is 2.15. The Labute approximate surface area is 114 Å². The standard InChI is InChI=1S/C13H13F2N3O2/c1-7-5-12(20-18-7)17-13(19)8(2)16-9-3-4-10(14)11(15)6-9/h3-6,8,16H,1-2H3,(H,17,19). The number of hydrogen-bond acceptors (Lipinski definition) is 4. The Balaban J connectivity index is 1.98. The van der Waals surface area contributed by atoms with Gasteiger partial charge < -0.3 is 9.84 Å². The van der Waals surface area contributed by atoms with Crippen molar-refractivity contribution in [2.45, 2.75) is 19.9 Å². The molecule has 2 aromatic rings. The van der Waals surface area contributed by atoms with Gasteiger partial charge >= 0.3 is 0 Å². The molecule has 0 aliphatic carbocycles. The summed E-state index contributed by atoms with van der Waals surface area (Å²) in [5, 5.41) is 8.90. The number of nitrogens with one attached hydrogen (secondary N) is 2. The zero-order valence-corrected chi connectivity index (χ0v) is 10.9. The van der Waals surface area contributed by atoms with Gasteiger partial charge in [-0.3, -0.25) is 10.1 Å². The zero-order chi connectivity index (χ0) is 14.7. The van der Waals surface area contributed by atoms with Gasteiger partial charge in [-0.25, -0.2) is 8.78 Å². The van der Waals surface area contributed by atoms with E-state index in [0.29, 0.717) is 11.4 Å². The second kappa shape index (κ2) is 5.68. The lowest BCUT2D eigenvalue weighted by atomic mass is 10.2. The third kappa shape index (κ3) is 3.31. The third-order valence-corrected chi connectivity index (χ3v) is 2.57. The number of aromatic nitrogens is 1. The fourth-order valence-electron chi connectivity index (χ4n) is 1.55. The summed E-state index contributed by atoms with van der Waals surface area (Å²) in [7, 11) is 0. The van der Waals surface area contributed by atoms with Crippen LogP contribution in [0.25, 0.3) is 0 Å². The summed E-state index contributed by atoms with van der Waals surface area (Å²) >= 11 is 0. The van der Waals surface area contributed by atoms with Crippen LogP contribution in [-0.2, 0) is 4.79 Å². The SMILES string of the molecule is Cc1cc(NC(=O)C(C)Nc2ccc(F)c(F)c2)on1. The van der Waals surface area contributed by atoms with E-state index in [0.717, 1.165) is 12.1 Å². The number of nitrogens with zero attached hydrogens (tertiary/aromatic N) is 1. The van der Waals surface area contributed by atoms with Crippen LogP contribution in [-0.4, -0.2) is 17.1 Å². The maximum absolute atomic E-state index is 13.0. The van der Waals surface area contributed by atoms with Gasteiger partial charge in [0, 0.05) is 17.8 Å². The Bertz CT molecular complexity index is 628. The van der Waals surface area contributed by atoms with Crippen molar-refractivity contribution in [1.82, 2.24) is 5.16 Å². The lowest BCUT2D eigenvalue weighted by Gasteiger charge is -2.14. The first kappa shape index (κ1) is 14.0. The number of hydrogen-bond donors (Lipinski definition) is 2. The second-order valence-electron chi connectivity index (χ2n) is 4.32. The van der Waals surface area contributed by atoms with Crippen LogP contribution >= 0.6 is 0 Å². The molecule has 0 radical (unpaired) electrons. The molecule has 1 aromatic carbocycles. The topological polar surface area (TPSA) is 67.2 Å². The van der Waals surface area contributed by atoms with Gasteiger partial charge in [0.15, 0.2) is 11.6 Å². The Morgan fingerprint density at radius 2 is 2.05 bits per heavy atom. The van der Waals surface area contributed by atoms with E-state index < -0.39 is 17.7 Å². The van der Waals surface area contributed by atoms with Gasteiger partial charge in [-0.15, -0.1) is 0 Å². The summed E-state index contributed by atoms with van der Waals surface area (Å²) in [5.41, 5.74) is 0.946. The summed E-state index contributed by atoms with van der Waals surface area (Å²) in [6.07, 6.45) is 0. The van der Waals surface area contributed by atoms with Crippen LogP contribution in [0.5, 0.6) is 0 Å². The van der Waals surface area contributed by atoms with Crippen molar-refractivity contribution in [1.29, 1.82) is 0 Å². The highest BCUT2D eigenvalue weighted by molar-refractivity contribution is 5.95. The molecular formula is C13H13F2N3O2. The van der Waals surface area contributed by atoms with Gasteiger partial charge in [0.1, 0.15) is 6.04 Å². The summed E-state index contributed by atoms with van der Waals surface area (Å²) in [5.74, 6) is -2.07. The van der Waals surface area contributed by atoms with Gasteiger partial charge in [0.25, 0.3) is 0 Å². The fourth-order valence-corrected chi connectivity index (χ4v) is 1.55. The van der Waals surface area contributed by atoms with Crippen LogP contribution in [0.15, 0.2) is 28.8 Å². The summed E-state index contributed by atoms with van der Waals surface area (Å²) in [4.78, 5) is 11.8. The molecule has 2 N–H and O–H groups in total. The molecule has 2 rings (SSSR count). The molecule has 1 aromatic heterocycles. The molecule has 106 valence electrons. The van der Waals surface area contributed by atoms with E-state index in [4.69, 9.17) is 4.52 Å². The normalized spacial score (nSPS) is 12.0. The lowest BCUT2D eigenvalue weighted by molar-refractivity contribution is -0.116. The predicted octanol–water partition coefficient (Wildman–Crippen LogP) is 2.70. The molecule has 0 spiro atoms. The number of benzene rings is 1. The van der Waals surface area contributed by atoms with Crippen LogP contribution in [0.1, 0.15) is 12.6 Å². The quantitative estimate of drug-likeness (QED) is 0.904. The Morgan fingerprint density at radius 3 is 2.65 bits per heavy atom. The Kier molecular flexibility index (Phi) is 3.97. The highest BCUT2D eigenvalue weighted by atomic mass is 19.2. The lowest BCUT2D eigenvalue weighted by Crippen LogP contribution is -2.31. The monoisotopic (exact) mass is 281 g/mol. The maximum atomic E-state index is 13.0. The van der Waals surface area contributed by atoms with Crippen molar-refractivity contribution >= 4 is 17.5 Å². The average Bonchev–Trinajstić information content (AvgIpc) is 2.79. The van der Waals surface area contributed by atoms with E-state index in [2.05, 4.69) is 15.8 Å². The van der Waals surface area contributed by atoms with E-state index >= 15 is 0 Å². The third-order valence-electron chi connectivity index (χ3n) is 2.57. The zero-order valence-electron chi connectivity index (χ0n) is 10.9. The Hall–Kier alpha value is -2.44. The molecule has 0 bridgehead atoms. The molecule has 0 fully saturated rings. The minimum absolute atomic E-state index is 0.228. The minimum Gasteiger partial charge on any atom is -0.374 e. The molecular weight excluding hydrogens is 268 g/mol. The maximum Gasteiger partial charge on any atom is 0.248 e. The van der Waals surface area contributed by atoms with Crippen LogP contribution in [0.4, 0.5) is 20.4 Å². The molecule has 0 aliphatic rings. The molecule has 7 heteroatoms. The number of carbonyl (C=O) groups is 1. The smallest absolute Gasteiger partial charge is 0.248 e. The molecule has 20 heavy (non-hydrogen) atoms. The number of halogens is 2. The minimum atomic E-state index is -0.978. The second-order valence-corrected chi connectivity index (χ2v) is 4.32. The molecule has 1 heterocycles. The van der Waals surface area contributed by atoms with Crippen molar-refractivity contribution in [2.24, 2.45) is 0 Å². The molecule has 1 amide bonds. The predicted molar refractivity (Wildman–Crippen MR) is 69.3 cm³/mol. The van der Waals surface area contributed by atoms with E-state index in [1.807, 2.05) is 0 Å². The van der Waals surface area contributed by atoms with Gasteiger partial charge in [-0.1, -0.05) is 5.16 Å². The van der Waals surface area contributed by atoms with Gasteiger partial charge in [-0.05, 0) is 26.0 Å². The van der Waals surface area contributed by atoms with Crippen molar-refractivity contribution in [3.8, 4) is 0 Å². The number of amides is 1. The van der Waals surface area contributed by atoms with Crippen molar-refractivity contribution in [3.05, 3.63) is 41.6 Å². The molecule has 1 unspecified atom stereocenters. The molecule has 0 saturated carbocycles. The number of rotatable bonds is 4. The van der Waals surface area contributed by atoms with Crippen molar-refractivity contribution in [2.75, 3.05) is 10.6 Å². The summed E-state index contributed by atoms with van der Waals surface area (Å²) < 4.78 is 30.7. The summed E-state index contributed by atoms with van der Waals surface area (Å²) in [6, 6.07) is 4.23. The van der Waals surface area contributed by atoms with Gasteiger partial charge in [0.2, 0.25) is 11.8 Å². The van der Waals surface area contributed by atoms with Crippen molar-refractivity contribution < 1.29 is 18.1 Å². The average molecular weight is 281 g/mol. The molecule has 5 nitrogen and oxygen atoms in total. The fraction of sp³-hybridized carbons (Fsp3) is 0.231. The largest absolute Gasteiger partial charge is 0.374 e. The van der Waals surface area contributed by atoms with Crippen LogP contribution < -0.4 is 10.6 Å². The van der Waals surface area contributed by atoms with Crippen molar-refractivity contribution in [3.63, 3.8) is 0 Å². The van der Waals surface area contributed by atoms with Crippen LogP contribution in [0, 0.1) is 18.6 Å². The van der Waals surface area contributed by atoms with Gasteiger partial charge in [-0.2, -0.15) is 0 Å². The van der Waals surface area contributed by atoms with Crippen LogP contribution in [0.3, 0.4) is 0 Å². The van der Waals surface area contributed by atoms with E-state index in [1.54, 1.807) is 19.9 Å². The van der Waals surface area contributed by atoms with E-state index in [9.17, 15) is 13.6 Å². The number of aryl methyl sites for hydroxylation is 1.